The van der Waals surface area contributed by atoms with Crippen molar-refractivity contribution in [2.75, 3.05) is 17.4 Å². The van der Waals surface area contributed by atoms with Crippen LogP contribution in [0.4, 0.5) is 11.6 Å². The lowest BCUT2D eigenvalue weighted by molar-refractivity contribution is 0.760. The second kappa shape index (κ2) is 6.72. The molecular weight excluding hydrogens is 350 g/mol. The fourth-order valence-corrected chi connectivity index (χ4v) is 3.54. The highest BCUT2D eigenvalue weighted by molar-refractivity contribution is 9.10. The van der Waals surface area contributed by atoms with Crippen molar-refractivity contribution in [1.29, 1.82) is 0 Å². The van der Waals surface area contributed by atoms with E-state index in [1.165, 1.54) is 4.88 Å². The minimum absolute atomic E-state index is 0.251. The number of thiophene rings is 1. The van der Waals surface area contributed by atoms with Crippen LogP contribution in [0.5, 0.6) is 0 Å². The summed E-state index contributed by atoms with van der Waals surface area (Å²) in [5.41, 5.74) is 3.63. The smallest absolute Gasteiger partial charge is 0.148 e. The van der Waals surface area contributed by atoms with E-state index < -0.39 is 0 Å². The van der Waals surface area contributed by atoms with Crippen molar-refractivity contribution in [3.8, 4) is 0 Å². The van der Waals surface area contributed by atoms with E-state index in [-0.39, 0.29) is 5.92 Å². The SMILES string of the molecule is Cc1c(NN)nc(C(C)C)nc1N(C)Cc1cc(Br)cs1. The summed E-state index contributed by atoms with van der Waals surface area (Å²) in [4.78, 5) is 12.6. The summed E-state index contributed by atoms with van der Waals surface area (Å²) in [5, 5.41) is 2.09. The van der Waals surface area contributed by atoms with Crippen LogP contribution in [0.3, 0.4) is 0 Å². The Kier molecular flexibility index (Phi) is 5.18. The number of nitrogen functional groups attached to an aromatic ring is 1. The standard InChI is InChI=1S/C14H20BrN5S/c1-8(2)12-17-13(19-16)9(3)14(18-12)20(4)6-11-5-10(15)7-21-11/h5,7-8H,6,16H2,1-4H3,(H,17,18,19). The lowest BCUT2D eigenvalue weighted by atomic mass is 10.2. The second-order valence-electron chi connectivity index (χ2n) is 5.27. The lowest BCUT2D eigenvalue weighted by Crippen LogP contribution is -2.22. The third-order valence-corrected chi connectivity index (χ3v) is 4.85. The van der Waals surface area contributed by atoms with Crippen LogP contribution in [0.15, 0.2) is 15.9 Å². The van der Waals surface area contributed by atoms with Crippen molar-refractivity contribution in [1.82, 2.24) is 9.97 Å². The molecule has 0 bridgehead atoms. The number of halogens is 1. The van der Waals surface area contributed by atoms with E-state index in [1.807, 2.05) is 14.0 Å². The molecular formula is C14H20BrN5S. The van der Waals surface area contributed by atoms with E-state index in [4.69, 9.17) is 10.8 Å². The highest BCUT2D eigenvalue weighted by Crippen LogP contribution is 2.27. The van der Waals surface area contributed by atoms with Crippen LogP contribution >= 0.6 is 27.3 Å². The van der Waals surface area contributed by atoms with Crippen LogP contribution in [0.2, 0.25) is 0 Å². The van der Waals surface area contributed by atoms with Gasteiger partial charge in [0.1, 0.15) is 17.5 Å². The second-order valence-corrected chi connectivity index (χ2v) is 7.18. The molecule has 2 heterocycles. The molecule has 0 amide bonds. The van der Waals surface area contributed by atoms with Gasteiger partial charge in [0.15, 0.2) is 0 Å². The topological polar surface area (TPSA) is 67.1 Å². The summed E-state index contributed by atoms with van der Waals surface area (Å²) < 4.78 is 1.11. The van der Waals surface area contributed by atoms with Gasteiger partial charge < -0.3 is 10.3 Å². The molecule has 0 radical (unpaired) electrons. The van der Waals surface area contributed by atoms with Crippen LogP contribution in [0.25, 0.3) is 0 Å². The van der Waals surface area contributed by atoms with Gasteiger partial charge in [-0.05, 0) is 28.9 Å². The Balaban J connectivity index is 2.34. The van der Waals surface area contributed by atoms with E-state index in [0.29, 0.717) is 5.82 Å². The Morgan fingerprint density at radius 2 is 2.14 bits per heavy atom. The van der Waals surface area contributed by atoms with E-state index in [1.54, 1.807) is 11.3 Å². The minimum Gasteiger partial charge on any atom is -0.354 e. The monoisotopic (exact) mass is 369 g/mol. The lowest BCUT2D eigenvalue weighted by Gasteiger charge is -2.22. The van der Waals surface area contributed by atoms with Crippen molar-refractivity contribution in [3.63, 3.8) is 0 Å². The highest BCUT2D eigenvalue weighted by Gasteiger charge is 2.16. The van der Waals surface area contributed by atoms with Gasteiger partial charge in [-0.15, -0.1) is 11.3 Å². The third kappa shape index (κ3) is 3.72. The molecule has 5 nitrogen and oxygen atoms in total. The van der Waals surface area contributed by atoms with E-state index in [9.17, 15) is 0 Å². The maximum atomic E-state index is 5.58. The van der Waals surface area contributed by atoms with Gasteiger partial charge in [0, 0.05) is 33.3 Å². The predicted molar refractivity (Wildman–Crippen MR) is 92.8 cm³/mol. The maximum Gasteiger partial charge on any atom is 0.148 e. The summed E-state index contributed by atoms with van der Waals surface area (Å²) in [6.07, 6.45) is 0. The zero-order valence-corrected chi connectivity index (χ0v) is 15.0. The van der Waals surface area contributed by atoms with Crippen molar-refractivity contribution in [3.05, 3.63) is 32.2 Å². The number of hydrazine groups is 1. The average molecular weight is 370 g/mol. The maximum absolute atomic E-state index is 5.58. The van der Waals surface area contributed by atoms with E-state index >= 15 is 0 Å². The van der Waals surface area contributed by atoms with Crippen LogP contribution in [-0.2, 0) is 6.54 Å². The summed E-state index contributed by atoms with van der Waals surface area (Å²) in [6.45, 7) is 6.93. The zero-order chi connectivity index (χ0) is 15.6. The first-order chi connectivity index (χ1) is 9.92. The Morgan fingerprint density at radius 3 is 2.67 bits per heavy atom. The van der Waals surface area contributed by atoms with Gasteiger partial charge in [0.2, 0.25) is 0 Å². The summed E-state index contributed by atoms with van der Waals surface area (Å²) in [6, 6.07) is 2.13. The number of anilines is 2. The largest absolute Gasteiger partial charge is 0.354 e. The molecule has 0 fully saturated rings. The van der Waals surface area contributed by atoms with Gasteiger partial charge >= 0.3 is 0 Å². The first-order valence-corrected chi connectivity index (χ1v) is 8.38. The molecule has 0 saturated heterocycles. The summed E-state index contributed by atoms with van der Waals surface area (Å²) in [7, 11) is 2.04. The molecule has 0 aliphatic heterocycles. The van der Waals surface area contributed by atoms with Crippen molar-refractivity contribution < 1.29 is 0 Å². The van der Waals surface area contributed by atoms with Crippen LogP contribution < -0.4 is 16.2 Å². The first-order valence-electron chi connectivity index (χ1n) is 6.71. The van der Waals surface area contributed by atoms with Gasteiger partial charge in [-0.1, -0.05) is 13.8 Å². The molecule has 0 spiro atoms. The molecule has 0 atom stereocenters. The van der Waals surface area contributed by atoms with Gasteiger partial charge in [0.25, 0.3) is 0 Å². The number of nitrogens with two attached hydrogens (primary N) is 1. The first kappa shape index (κ1) is 16.2. The molecule has 7 heteroatoms. The van der Waals surface area contributed by atoms with Gasteiger partial charge in [-0.25, -0.2) is 15.8 Å². The molecule has 21 heavy (non-hydrogen) atoms. The summed E-state index contributed by atoms with van der Waals surface area (Å²) in [5.74, 6) is 8.22. The number of hydrogen-bond acceptors (Lipinski definition) is 6. The number of hydrogen-bond donors (Lipinski definition) is 2. The van der Waals surface area contributed by atoms with Gasteiger partial charge in [0.05, 0.1) is 6.54 Å². The van der Waals surface area contributed by atoms with Crippen molar-refractivity contribution in [2.24, 2.45) is 5.84 Å². The fraction of sp³-hybridized carbons (Fsp3) is 0.429. The number of nitrogens with zero attached hydrogens (tertiary/aromatic N) is 3. The Hall–Kier alpha value is -1.18. The Bertz CT molecular complexity index is 626. The van der Waals surface area contributed by atoms with E-state index in [0.717, 1.165) is 28.2 Å². The molecule has 2 aromatic heterocycles. The Labute approximate surface area is 137 Å². The highest BCUT2D eigenvalue weighted by atomic mass is 79.9. The molecule has 114 valence electrons. The van der Waals surface area contributed by atoms with Gasteiger partial charge in [-0.2, -0.15) is 0 Å². The fourth-order valence-electron chi connectivity index (χ4n) is 2.04. The number of aromatic nitrogens is 2. The normalized spacial score (nSPS) is 11.0. The molecule has 0 unspecified atom stereocenters. The molecule has 0 saturated carbocycles. The third-order valence-electron chi connectivity index (χ3n) is 3.17. The minimum atomic E-state index is 0.251. The average Bonchev–Trinajstić information content (AvgIpc) is 2.83. The number of rotatable bonds is 5. The molecule has 2 rings (SSSR count). The molecule has 0 aliphatic rings. The van der Waals surface area contributed by atoms with E-state index in [2.05, 4.69) is 56.5 Å². The molecule has 0 aromatic carbocycles. The zero-order valence-electron chi connectivity index (χ0n) is 12.6. The molecule has 2 aromatic rings. The van der Waals surface area contributed by atoms with Crippen molar-refractivity contribution >= 4 is 38.9 Å². The van der Waals surface area contributed by atoms with Gasteiger partial charge in [-0.3, -0.25) is 0 Å². The van der Waals surface area contributed by atoms with Crippen LogP contribution in [0.1, 0.15) is 36.0 Å². The predicted octanol–water partition coefficient (Wildman–Crippen LogP) is 3.65. The van der Waals surface area contributed by atoms with Crippen LogP contribution in [-0.4, -0.2) is 17.0 Å². The molecule has 3 N–H and O–H groups in total. The molecule has 0 aliphatic carbocycles. The number of nitrogens with one attached hydrogen (secondary N) is 1. The Morgan fingerprint density at radius 1 is 1.43 bits per heavy atom. The summed E-state index contributed by atoms with van der Waals surface area (Å²) >= 11 is 5.21. The van der Waals surface area contributed by atoms with Crippen LogP contribution in [0, 0.1) is 6.92 Å². The van der Waals surface area contributed by atoms with Crippen molar-refractivity contribution in [2.45, 2.75) is 33.2 Å². The quantitative estimate of drug-likeness (QED) is 0.621.